The quantitative estimate of drug-likeness (QED) is 0.415. The molecule has 0 aliphatic carbocycles. The topological polar surface area (TPSA) is 97.4 Å². The molecule has 4 heterocycles. The lowest BCUT2D eigenvalue weighted by molar-refractivity contribution is 0.0742. The van der Waals surface area contributed by atoms with E-state index in [0.29, 0.717) is 43.0 Å². The summed E-state index contributed by atoms with van der Waals surface area (Å²) in [4.78, 5) is 33.1. The standard InChI is InChI=1S/C21H17BrN6O3/c22-15-1-2-17-14(11-15)12-16(21(30)31-17)20(29)27-9-7-26(8-10-27)18-3-4-19(25-24-18)28-6-5-23-13-28/h1-6,11-13H,7-10H2. The van der Waals surface area contributed by atoms with Crippen molar-refractivity contribution in [1.29, 1.82) is 0 Å². The number of amides is 1. The second-order valence-electron chi connectivity index (χ2n) is 7.13. The van der Waals surface area contributed by atoms with Crippen molar-refractivity contribution in [2.75, 3.05) is 31.1 Å². The Labute approximate surface area is 185 Å². The van der Waals surface area contributed by atoms with E-state index >= 15 is 0 Å². The number of piperazine rings is 1. The van der Waals surface area contributed by atoms with Crippen molar-refractivity contribution in [3.63, 3.8) is 0 Å². The minimum atomic E-state index is -0.622. The van der Waals surface area contributed by atoms with Crippen LogP contribution in [0.1, 0.15) is 10.4 Å². The van der Waals surface area contributed by atoms with Crippen LogP contribution in [0.5, 0.6) is 0 Å². The normalized spacial score (nSPS) is 14.2. The van der Waals surface area contributed by atoms with Crippen LogP contribution in [-0.2, 0) is 0 Å². The van der Waals surface area contributed by atoms with E-state index in [1.165, 1.54) is 0 Å². The molecule has 3 aromatic heterocycles. The average molecular weight is 481 g/mol. The Hall–Kier alpha value is -3.53. The molecular weight excluding hydrogens is 464 g/mol. The highest BCUT2D eigenvalue weighted by Crippen LogP contribution is 2.20. The van der Waals surface area contributed by atoms with Crippen molar-refractivity contribution < 1.29 is 9.21 Å². The van der Waals surface area contributed by atoms with E-state index in [-0.39, 0.29) is 11.5 Å². The number of carbonyl (C=O) groups is 1. The van der Waals surface area contributed by atoms with Crippen LogP contribution in [0, 0.1) is 0 Å². The maximum atomic E-state index is 13.0. The highest BCUT2D eigenvalue weighted by molar-refractivity contribution is 9.10. The number of hydrogen-bond acceptors (Lipinski definition) is 7. The van der Waals surface area contributed by atoms with Crippen molar-refractivity contribution in [3.05, 3.63) is 75.6 Å². The van der Waals surface area contributed by atoms with E-state index in [2.05, 4.69) is 36.0 Å². The zero-order valence-corrected chi connectivity index (χ0v) is 17.9. The molecule has 0 unspecified atom stereocenters. The predicted octanol–water partition coefficient (Wildman–Crippen LogP) is 2.49. The molecule has 1 fully saturated rings. The van der Waals surface area contributed by atoms with Crippen LogP contribution < -0.4 is 10.5 Å². The molecule has 1 amide bonds. The van der Waals surface area contributed by atoms with Gasteiger partial charge < -0.3 is 14.2 Å². The molecule has 31 heavy (non-hydrogen) atoms. The molecule has 1 aliphatic heterocycles. The molecule has 5 rings (SSSR count). The molecule has 0 saturated carbocycles. The van der Waals surface area contributed by atoms with Gasteiger partial charge in [-0.2, -0.15) is 0 Å². The molecule has 1 aliphatic rings. The highest BCUT2D eigenvalue weighted by atomic mass is 79.9. The molecule has 0 radical (unpaired) electrons. The number of benzene rings is 1. The summed E-state index contributed by atoms with van der Waals surface area (Å²) < 4.78 is 7.96. The van der Waals surface area contributed by atoms with Gasteiger partial charge in [0.25, 0.3) is 5.91 Å². The van der Waals surface area contributed by atoms with Gasteiger partial charge in [0.05, 0.1) is 0 Å². The number of nitrogens with zero attached hydrogens (tertiary/aromatic N) is 6. The Kier molecular flexibility index (Phi) is 4.99. The first-order valence-corrected chi connectivity index (χ1v) is 10.5. The van der Waals surface area contributed by atoms with Crippen molar-refractivity contribution >= 4 is 38.6 Å². The van der Waals surface area contributed by atoms with E-state index in [1.807, 2.05) is 18.2 Å². The number of anilines is 1. The fourth-order valence-electron chi connectivity index (χ4n) is 3.57. The van der Waals surface area contributed by atoms with Gasteiger partial charge in [-0.1, -0.05) is 15.9 Å². The maximum Gasteiger partial charge on any atom is 0.349 e. The van der Waals surface area contributed by atoms with Gasteiger partial charge in [0.2, 0.25) is 0 Å². The Bertz CT molecular complexity index is 1300. The van der Waals surface area contributed by atoms with Crippen LogP contribution >= 0.6 is 15.9 Å². The van der Waals surface area contributed by atoms with Crippen molar-refractivity contribution in [3.8, 4) is 5.82 Å². The number of halogens is 1. The lowest BCUT2D eigenvalue weighted by Gasteiger charge is -2.35. The summed E-state index contributed by atoms with van der Waals surface area (Å²) in [5.41, 5.74) is -0.126. The number of hydrogen-bond donors (Lipinski definition) is 0. The first-order valence-electron chi connectivity index (χ1n) is 9.68. The van der Waals surface area contributed by atoms with Gasteiger partial charge in [-0.3, -0.25) is 9.36 Å². The van der Waals surface area contributed by atoms with Crippen molar-refractivity contribution in [2.45, 2.75) is 0 Å². The largest absolute Gasteiger partial charge is 0.422 e. The summed E-state index contributed by atoms with van der Waals surface area (Å²) in [6.07, 6.45) is 5.15. The van der Waals surface area contributed by atoms with Crippen LogP contribution in [0.2, 0.25) is 0 Å². The van der Waals surface area contributed by atoms with Crippen LogP contribution in [0.25, 0.3) is 16.8 Å². The SMILES string of the molecule is O=C(c1cc2cc(Br)ccc2oc1=O)N1CCN(c2ccc(-n3ccnc3)nn2)CC1. The molecule has 0 N–H and O–H groups in total. The van der Waals surface area contributed by atoms with Crippen LogP contribution in [0.3, 0.4) is 0 Å². The van der Waals surface area contributed by atoms with Gasteiger partial charge in [-0.15, -0.1) is 10.2 Å². The minimum absolute atomic E-state index is 0.0449. The second-order valence-corrected chi connectivity index (χ2v) is 8.04. The monoisotopic (exact) mass is 480 g/mol. The zero-order chi connectivity index (χ0) is 21.4. The Balaban J connectivity index is 1.29. The summed E-state index contributed by atoms with van der Waals surface area (Å²) in [6, 6.07) is 10.7. The Morgan fingerprint density at radius 3 is 2.48 bits per heavy atom. The first-order chi connectivity index (χ1) is 15.1. The van der Waals surface area contributed by atoms with Gasteiger partial charge in [-0.25, -0.2) is 9.78 Å². The molecule has 0 bridgehead atoms. The smallest absolute Gasteiger partial charge is 0.349 e. The molecule has 0 spiro atoms. The number of imidazole rings is 1. The molecule has 1 saturated heterocycles. The zero-order valence-electron chi connectivity index (χ0n) is 16.3. The lowest BCUT2D eigenvalue weighted by Crippen LogP contribution is -2.49. The van der Waals surface area contributed by atoms with E-state index in [9.17, 15) is 9.59 Å². The van der Waals surface area contributed by atoms with Gasteiger partial charge in [0.1, 0.15) is 17.5 Å². The van der Waals surface area contributed by atoms with E-state index < -0.39 is 5.63 Å². The van der Waals surface area contributed by atoms with Gasteiger partial charge in [0, 0.05) is 48.4 Å². The predicted molar refractivity (Wildman–Crippen MR) is 117 cm³/mol. The molecule has 0 atom stereocenters. The first kappa shape index (κ1) is 19.4. The summed E-state index contributed by atoms with van der Waals surface area (Å²) in [5.74, 6) is 1.10. The average Bonchev–Trinajstić information content (AvgIpc) is 3.34. The van der Waals surface area contributed by atoms with Crippen LogP contribution in [0.4, 0.5) is 5.82 Å². The van der Waals surface area contributed by atoms with Crippen molar-refractivity contribution in [1.82, 2.24) is 24.6 Å². The van der Waals surface area contributed by atoms with Crippen LogP contribution in [-0.4, -0.2) is 56.7 Å². The lowest BCUT2D eigenvalue weighted by atomic mass is 10.1. The fourth-order valence-corrected chi connectivity index (χ4v) is 3.95. The number of fused-ring (bicyclic) bond motifs is 1. The number of rotatable bonds is 3. The summed E-state index contributed by atoms with van der Waals surface area (Å²) in [7, 11) is 0. The molecule has 9 nitrogen and oxygen atoms in total. The number of aromatic nitrogens is 4. The van der Waals surface area contributed by atoms with Gasteiger partial charge in [-0.05, 0) is 36.4 Å². The van der Waals surface area contributed by atoms with Gasteiger partial charge >= 0.3 is 5.63 Å². The third-order valence-electron chi connectivity index (χ3n) is 5.22. The minimum Gasteiger partial charge on any atom is -0.422 e. The van der Waals surface area contributed by atoms with E-state index in [0.717, 1.165) is 10.3 Å². The molecular formula is C21H17BrN6O3. The van der Waals surface area contributed by atoms with E-state index in [1.54, 1.807) is 46.4 Å². The summed E-state index contributed by atoms with van der Waals surface area (Å²) >= 11 is 3.40. The molecule has 1 aromatic carbocycles. The fraction of sp³-hybridized carbons (Fsp3) is 0.190. The van der Waals surface area contributed by atoms with Crippen molar-refractivity contribution in [2.24, 2.45) is 0 Å². The third kappa shape index (κ3) is 3.81. The summed E-state index contributed by atoms with van der Waals surface area (Å²) in [6.45, 7) is 2.13. The second kappa shape index (κ2) is 7.95. The van der Waals surface area contributed by atoms with E-state index in [4.69, 9.17) is 4.42 Å². The molecule has 4 aromatic rings. The van der Waals surface area contributed by atoms with Crippen LogP contribution in [0.15, 0.2) is 68.8 Å². The molecule has 156 valence electrons. The number of carbonyl (C=O) groups excluding carboxylic acids is 1. The molecule has 10 heteroatoms. The maximum absolute atomic E-state index is 13.0. The third-order valence-corrected chi connectivity index (χ3v) is 5.71. The highest BCUT2D eigenvalue weighted by Gasteiger charge is 2.25. The van der Waals surface area contributed by atoms with Gasteiger partial charge in [0.15, 0.2) is 11.6 Å². The Morgan fingerprint density at radius 2 is 1.77 bits per heavy atom. The summed E-state index contributed by atoms with van der Waals surface area (Å²) in [5, 5.41) is 9.23. The Morgan fingerprint density at radius 1 is 1.00 bits per heavy atom.